The van der Waals surface area contributed by atoms with Gasteiger partial charge in [-0.3, -0.25) is 14.6 Å². The molecule has 1 fully saturated rings. The molecule has 0 bridgehead atoms. The van der Waals surface area contributed by atoms with Gasteiger partial charge in [-0.2, -0.15) is 0 Å². The molecule has 1 aliphatic heterocycles. The number of amides is 1. The highest BCUT2D eigenvalue weighted by atomic mass is 16.5. The first-order chi connectivity index (χ1) is 19.0. The van der Waals surface area contributed by atoms with E-state index in [1.807, 2.05) is 79.0 Å². The number of benzene rings is 3. The molecule has 1 amide bonds. The zero-order chi connectivity index (χ0) is 26.8. The summed E-state index contributed by atoms with van der Waals surface area (Å²) in [6.45, 7) is 3.43. The van der Waals surface area contributed by atoms with Gasteiger partial charge >= 0.3 is 0 Å². The maximum absolute atomic E-state index is 12.5. The first kappa shape index (κ1) is 25.1. The van der Waals surface area contributed by atoms with Crippen molar-refractivity contribution >= 4 is 27.9 Å². The summed E-state index contributed by atoms with van der Waals surface area (Å²) >= 11 is 0. The highest BCUT2D eigenvalue weighted by Gasteiger charge is 2.30. The minimum atomic E-state index is -0.662. The third kappa shape index (κ3) is 5.37. The zero-order valence-electron chi connectivity index (χ0n) is 21.5. The van der Waals surface area contributed by atoms with Crippen LogP contribution in [0.4, 0.5) is 0 Å². The Labute approximate surface area is 225 Å². The quantitative estimate of drug-likeness (QED) is 0.269. The van der Waals surface area contributed by atoms with Crippen molar-refractivity contribution in [3.05, 3.63) is 84.6 Å². The molecule has 9 heteroatoms. The zero-order valence-corrected chi connectivity index (χ0v) is 21.5. The molecule has 1 aliphatic rings. The van der Waals surface area contributed by atoms with Crippen LogP contribution in [-0.2, 0) is 4.79 Å². The van der Waals surface area contributed by atoms with E-state index < -0.39 is 12.1 Å². The Bertz CT molecular complexity index is 1570. The highest BCUT2D eigenvalue weighted by Crippen LogP contribution is 2.29. The largest absolute Gasteiger partial charge is 0.491 e. The summed E-state index contributed by atoms with van der Waals surface area (Å²) in [6, 6.07) is 22.6. The molecule has 0 radical (unpaired) electrons. The third-order valence-corrected chi connectivity index (χ3v) is 7.26. The minimum Gasteiger partial charge on any atom is -0.491 e. The van der Waals surface area contributed by atoms with Crippen LogP contribution < -0.4 is 10.5 Å². The van der Waals surface area contributed by atoms with Crippen molar-refractivity contribution < 1.29 is 19.1 Å². The molecule has 3 heterocycles. The number of carbonyl (C=O) groups is 1. The third-order valence-electron chi connectivity index (χ3n) is 7.26. The van der Waals surface area contributed by atoms with Gasteiger partial charge < -0.3 is 25.0 Å². The summed E-state index contributed by atoms with van der Waals surface area (Å²) in [7, 11) is 0. The normalized spacial score (nSPS) is 16.4. The lowest BCUT2D eigenvalue weighted by atomic mass is 9.99. The minimum absolute atomic E-state index is 0.161. The second kappa shape index (κ2) is 10.9. The van der Waals surface area contributed by atoms with Gasteiger partial charge in [0, 0.05) is 61.5 Å². The van der Waals surface area contributed by atoms with Crippen molar-refractivity contribution in [1.29, 1.82) is 0 Å². The number of aliphatic hydroxyl groups is 1. The van der Waals surface area contributed by atoms with Crippen LogP contribution in [0.1, 0.15) is 11.6 Å². The van der Waals surface area contributed by atoms with Crippen molar-refractivity contribution in [2.24, 2.45) is 5.73 Å². The summed E-state index contributed by atoms with van der Waals surface area (Å²) in [5.41, 5.74) is 10.1. The van der Waals surface area contributed by atoms with E-state index in [4.69, 9.17) is 14.9 Å². The van der Waals surface area contributed by atoms with E-state index in [9.17, 15) is 9.90 Å². The van der Waals surface area contributed by atoms with Crippen molar-refractivity contribution in [2.45, 2.75) is 12.1 Å². The van der Waals surface area contributed by atoms with Gasteiger partial charge in [-0.15, -0.1) is 0 Å². The number of hydrogen-bond acceptors (Lipinski definition) is 7. The Morgan fingerprint density at radius 1 is 1.05 bits per heavy atom. The van der Waals surface area contributed by atoms with Gasteiger partial charge in [-0.25, -0.2) is 4.98 Å². The molecule has 2 atom stereocenters. The SMILES string of the molecule is NC(=O)C(c1cccc2[nH]ccc12)N1CCN(CC(O)COc2ccc3oc(-c4ccccc4)nc3c2)CC1. The number of nitrogens with zero attached hydrogens (tertiary/aromatic N) is 3. The van der Waals surface area contributed by atoms with Crippen LogP contribution in [-0.4, -0.2) is 76.2 Å². The number of rotatable bonds is 9. The van der Waals surface area contributed by atoms with Crippen molar-refractivity contribution in [2.75, 3.05) is 39.3 Å². The summed E-state index contributed by atoms with van der Waals surface area (Å²) in [4.78, 5) is 24.6. The predicted molar refractivity (Wildman–Crippen MR) is 149 cm³/mol. The van der Waals surface area contributed by atoms with Gasteiger partial charge in [-0.1, -0.05) is 30.3 Å². The number of fused-ring (bicyclic) bond motifs is 2. The number of piperazine rings is 1. The number of hydrogen-bond donors (Lipinski definition) is 3. The number of oxazole rings is 1. The summed E-state index contributed by atoms with van der Waals surface area (Å²) in [6.07, 6.45) is 1.21. The highest BCUT2D eigenvalue weighted by molar-refractivity contribution is 5.90. The fourth-order valence-corrected chi connectivity index (χ4v) is 5.33. The second-order valence-electron chi connectivity index (χ2n) is 9.91. The van der Waals surface area contributed by atoms with Crippen LogP contribution in [0.2, 0.25) is 0 Å². The van der Waals surface area contributed by atoms with Gasteiger partial charge in [-0.05, 0) is 42.0 Å². The molecule has 4 N–H and O–H groups in total. The molecule has 39 heavy (non-hydrogen) atoms. The molecule has 5 aromatic rings. The molecule has 1 saturated heterocycles. The number of aliphatic hydroxyl groups excluding tert-OH is 1. The molecule has 9 nitrogen and oxygen atoms in total. The number of nitrogens with two attached hydrogens (primary N) is 1. The molecule has 0 saturated carbocycles. The maximum Gasteiger partial charge on any atom is 0.239 e. The Morgan fingerprint density at radius 2 is 1.87 bits per heavy atom. The first-order valence-corrected chi connectivity index (χ1v) is 13.1. The smallest absolute Gasteiger partial charge is 0.239 e. The molecule has 6 rings (SSSR count). The molecule has 2 aromatic heterocycles. The van der Waals surface area contributed by atoms with Crippen molar-refractivity contribution in [3.63, 3.8) is 0 Å². The maximum atomic E-state index is 12.5. The van der Waals surface area contributed by atoms with E-state index in [1.54, 1.807) is 0 Å². The number of aromatic amines is 1. The summed E-state index contributed by atoms with van der Waals surface area (Å²) < 4.78 is 11.7. The molecular weight excluding hydrogens is 494 g/mol. The molecule has 2 unspecified atom stereocenters. The monoisotopic (exact) mass is 525 g/mol. The Hall–Kier alpha value is -4.18. The van der Waals surface area contributed by atoms with Crippen LogP contribution in [0.5, 0.6) is 5.75 Å². The first-order valence-electron chi connectivity index (χ1n) is 13.1. The van der Waals surface area contributed by atoms with E-state index in [2.05, 4.69) is 19.8 Å². The number of β-amino-alcohol motifs (C(OH)–C–C–N with tert-alkyl or cyclic N) is 1. The van der Waals surface area contributed by atoms with Crippen LogP contribution in [0.25, 0.3) is 33.5 Å². The van der Waals surface area contributed by atoms with E-state index in [0.29, 0.717) is 42.4 Å². The molecular formula is C30H31N5O4. The fraction of sp³-hybridized carbons (Fsp3) is 0.267. The van der Waals surface area contributed by atoms with Gasteiger partial charge in [0.2, 0.25) is 11.8 Å². The van der Waals surface area contributed by atoms with E-state index in [0.717, 1.165) is 35.1 Å². The van der Waals surface area contributed by atoms with Crippen molar-refractivity contribution in [1.82, 2.24) is 19.8 Å². The predicted octanol–water partition coefficient (Wildman–Crippen LogP) is 3.56. The average molecular weight is 526 g/mol. The van der Waals surface area contributed by atoms with Crippen LogP contribution >= 0.6 is 0 Å². The Morgan fingerprint density at radius 3 is 2.67 bits per heavy atom. The molecule has 0 aliphatic carbocycles. The van der Waals surface area contributed by atoms with Gasteiger partial charge in [0.25, 0.3) is 0 Å². The van der Waals surface area contributed by atoms with Crippen LogP contribution in [0.15, 0.2) is 83.4 Å². The van der Waals surface area contributed by atoms with Crippen molar-refractivity contribution in [3.8, 4) is 17.2 Å². The number of aromatic nitrogens is 2. The molecule has 3 aromatic carbocycles. The average Bonchev–Trinajstić information content (AvgIpc) is 3.61. The summed E-state index contributed by atoms with van der Waals surface area (Å²) in [5.74, 6) is 0.832. The Balaban J connectivity index is 1.03. The van der Waals surface area contributed by atoms with Gasteiger partial charge in [0.1, 0.15) is 30.0 Å². The standard InChI is InChI=1S/C30H31N5O4/c31-29(37)28(24-7-4-8-25-23(24)11-12-32-25)35-15-13-34(14-16-35)18-21(36)19-38-22-9-10-27-26(17-22)33-30(39-27)20-5-2-1-3-6-20/h1-12,17,21,28,32,36H,13-16,18-19H2,(H2,31,37). The number of primary amides is 1. The molecule has 200 valence electrons. The van der Waals surface area contributed by atoms with Crippen LogP contribution in [0.3, 0.4) is 0 Å². The fourth-order valence-electron chi connectivity index (χ4n) is 5.33. The lowest BCUT2D eigenvalue weighted by Gasteiger charge is -2.39. The lowest BCUT2D eigenvalue weighted by Crippen LogP contribution is -2.52. The number of ether oxygens (including phenoxy) is 1. The number of H-pyrrole nitrogens is 1. The van der Waals surface area contributed by atoms with Gasteiger partial charge in [0.15, 0.2) is 5.58 Å². The van der Waals surface area contributed by atoms with Gasteiger partial charge in [0.05, 0.1) is 0 Å². The Kier molecular flexibility index (Phi) is 7.02. The molecule has 0 spiro atoms. The van der Waals surface area contributed by atoms with E-state index in [-0.39, 0.29) is 12.5 Å². The van der Waals surface area contributed by atoms with Crippen LogP contribution in [0, 0.1) is 0 Å². The second-order valence-corrected chi connectivity index (χ2v) is 9.91. The topological polar surface area (TPSA) is 121 Å². The van der Waals surface area contributed by atoms with E-state index in [1.165, 1.54) is 0 Å². The van der Waals surface area contributed by atoms with E-state index >= 15 is 0 Å². The number of nitrogens with one attached hydrogen (secondary N) is 1. The lowest BCUT2D eigenvalue weighted by molar-refractivity contribution is -0.124. The summed E-state index contributed by atoms with van der Waals surface area (Å²) in [5, 5.41) is 11.7. The number of carbonyl (C=O) groups excluding carboxylic acids is 1.